The molecule has 27 heavy (non-hydrogen) atoms. The Morgan fingerprint density at radius 3 is 2.81 bits per heavy atom. The van der Waals surface area contributed by atoms with E-state index in [4.69, 9.17) is 21.1 Å². The van der Waals surface area contributed by atoms with Gasteiger partial charge in [-0.05, 0) is 42.7 Å². The molecule has 142 valence electrons. The van der Waals surface area contributed by atoms with E-state index in [1.165, 1.54) is 0 Å². The number of thiazole rings is 1. The molecule has 0 bridgehead atoms. The molecule has 0 aliphatic carbocycles. The van der Waals surface area contributed by atoms with Crippen LogP contribution in [0.5, 0.6) is 11.5 Å². The van der Waals surface area contributed by atoms with Crippen molar-refractivity contribution < 1.29 is 9.47 Å². The van der Waals surface area contributed by atoms with E-state index >= 15 is 0 Å². The maximum atomic E-state index is 6.41. The van der Waals surface area contributed by atoms with Gasteiger partial charge in [-0.2, -0.15) is 5.10 Å². The molecule has 3 rings (SSSR count). The van der Waals surface area contributed by atoms with Gasteiger partial charge in [-0.15, -0.1) is 0 Å². The highest BCUT2D eigenvalue weighted by molar-refractivity contribution is 7.22. The first-order valence-electron chi connectivity index (χ1n) is 8.80. The molecule has 1 N–H and O–H groups in total. The molecule has 0 aliphatic rings. The van der Waals surface area contributed by atoms with Crippen LogP contribution in [0, 0.1) is 5.92 Å². The zero-order valence-corrected chi connectivity index (χ0v) is 17.1. The lowest BCUT2D eigenvalue weighted by molar-refractivity contribution is 0.248. The highest BCUT2D eigenvalue weighted by Gasteiger charge is 2.13. The van der Waals surface area contributed by atoms with E-state index in [0.29, 0.717) is 35.7 Å². The molecule has 7 heteroatoms. The monoisotopic (exact) mass is 403 g/mol. The van der Waals surface area contributed by atoms with E-state index in [2.05, 4.69) is 29.4 Å². The van der Waals surface area contributed by atoms with Gasteiger partial charge >= 0.3 is 0 Å². The molecule has 2 aromatic carbocycles. The first kappa shape index (κ1) is 19.5. The lowest BCUT2D eigenvalue weighted by atomic mass is 10.2. The van der Waals surface area contributed by atoms with Crippen molar-refractivity contribution in [3.63, 3.8) is 0 Å². The third-order valence-corrected chi connectivity index (χ3v) is 4.78. The van der Waals surface area contributed by atoms with Crippen molar-refractivity contribution in [1.82, 2.24) is 4.98 Å². The van der Waals surface area contributed by atoms with Crippen LogP contribution in [0.3, 0.4) is 0 Å². The normalized spacial score (nSPS) is 11.4. The van der Waals surface area contributed by atoms with Gasteiger partial charge in [0.1, 0.15) is 0 Å². The van der Waals surface area contributed by atoms with Crippen molar-refractivity contribution in [2.45, 2.75) is 20.8 Å². The van der Waals surface area contributed by atoms with Crippen LogP contribution in [0.4, 0.5) is 5.13 Å². The summed E-state index contributed by atoms with van der Waals surface area (Å²) in [6.07, 6.45) is 1.69. The van der Waals surface area contributed by atoms with Crippen molar-refractivity contribution in [2.24, 2.45) is 11.0 Å². The van der Waals surface area contributed by atoms with Crippen LogP contribution >= 0.6 is 22.9 Å². The van der Waals surface area contributed by atoms with Crippen LogP contribution in [0.25, 0.3) is 10.2 Å². The first-order valence-corrected chi connectivity index (χ1v) is 10.00. The Hall–Kier alpha value is -2.31. The minimum absolute atomic E-state index is 0.398. The fourth-order valence-corrected chi connectivity index (χ4v) is 3.49. The van der Waals surface area contributed by atoms with Gasteiger partial charge in [-0.3, -0.25) is 5.43 Å². The Morgan fingerprint density at radius 1 is 1.26 bits per heavy atom. The summed E-state index contributed by atoms with van der Waals surface area (Å²) < 4.78 is 12.6. The van der Waals surface area contributed by atoms with Gasteiger partial charge in [0, 0.05) is 0 Å². The molecule has 0 saturated heterocycles. The lowest BCUT2D eigenvalue weighted by Crippen LogP contribution is -2.07. The van der Waals surface area contributed by atoms with Gasteiger partial charge in [0.15, 0.2) is 11.5 Å². The number of hydrazone groups is 1. The van der Waals surface area contributed by atoms with Gasteiger partial charge in [0.05, 0.1) is 34.7 Å². The molecule has 3 aromatic rings. The third-order valence-electron chi connectivity index (χ3n) is 3.56. The number of ether oxygens (including phenoxy) is 2. The number of fused-ring (bicyclic) bond motifs is 1. The number of benzene rings is 2. The quantitative estimate of drug-likeness (QED) is 0.379. The average Bonchev–Trinajstić information content (AvgIpc) is 3.04. The molecular formula is C20H22ClN3O2S. The molecular weight excluding hydrogens is 382 g/mol. The van der Waals surface area contributed by atoms with Crippen molar-refractivity contribution in [3.8, 4) is 11.5 Å². The van der Waals surface area contributed by atoms with Crippen LogP contribution in [-0.2, 0) is 0 Å². The summed E-state index contributed by atoms with van der Waals surface area (Å²) in [5.41, 5.74) is 4.74. The predicted octanol–water partition coefficient (Wildman–Crippen LogP) is 5.83. The van der Waals surface area contributed by atoms with Crippen LogP contribution in [0.2, 0.25) is 5.02 Å². The first-order chi connectivity index (χ1) is 13.1. The number of halogens is 1. The second kappa shape index (κ2) is 9.06. The number of hydrogen-bond donors (Lipinski definition) is 1. The molecule has 0 amide bonds. The Morgan fingerprint density at radius 2 is 2.07 bits per heavy atom. The maximum Gasteiger partial charge on any atom is 0.204 e. The van der Waals surface area contributed by atoms with Crippen molar-refractivity contribution >= 4 is 44.5 Å². The van der Waals surface area contributed by atoms with Crippen LogP contribution in [0.1, 0.15) is 26.3 Å². The van der Waals surface area contributed by atoms with Crippen LogP contribution < -0.4 is 14.9 Å². The average molecular weight is 404 g/mol. The van der Waals surface area contributed by atoms with E-state index in [1.807, 2.05) is 43.3 Å². The SMILES string of the molecule is CCOc1cc(/C=N\Nc2nc3ccccc3s2)cc(Cl)c1OCC(C)C. The third kappa shape index (κ3) is 5.11. The zero-order valence-electron chi connectivity index (χ0n) is 15.5. The molecule has 1 aromatic heterocycles. The molecule has 0 radical (unpaired) electrons. The molecule has 0 fully saturated rings. The van der Waals surface area contributed by atoms with E-state index in [1.54, 1.807) is 17.6 Å². The number of nitrogens with one attached hydrogen (secondary N) is 1. The van der Waals surface area contributed by atoms with E-state index in [9.17, 15) is 0 Å². The Balaban J connectivity index is 1.76. The highest BCUT2D eigenvalue weighted by atomic mass is 35.5. The molecule has 5 nitrogen and oxygen atoms in total. The predicted molar refractivity (Wildman–Crippen MR) is 114 cm³/mol. The van der Waals surface area contributed by atoms with Gasteiger partial charge in [-0.1, -0.05) is 48.9 Å². The number of nitrogens with zero attached hydrogens (tertiary/aromatic N) is 2. The lowest BCUT2D eigenvalue weighted by Gasteiger charge is -2.15. The number of para-hydroxylation sites is 1. The van der Waals surface area contributed by atoms with Crippen LogP contribution in [-0.4, -0.2) is 24.4 Å². The summed E-state index contributed by atoms with van der Waals surface area (Å²) in [6.45, 7) is 7.20. The van der Waals surface area contributed by atoms with Crippen molar-refractivity contribution in [2.75, 3.05) is 18.6 Å². The highest BCUT2D eigenvalue weighted by Crippen LogP contribution is 2.36. The van der Waals surface area contributed by atoms with E-state index < -0.39 is 0 Å². The van der Waals surface area contributed by atoms with Crippen LogP contribution in [0.15, 0.2) is 41.5 Å². The fraction of sp³-hybridized carbons (Fsp3) is 0.300. The summed E-state index contributed by atoms with van der Waals surface area (Å²) in [5, 5.41) is 5.51. The van der Waals surface area contributed by atoms with Crippen molar-refractivity contribution in [1.29, 1.82) is 0 Å². The molecule has 0 unspecified atom stereocenters. The Bertz CT molecular complexity index is 907. The number of anilines is 1. The molecule has 0 atom stereocenters. The Labute approximate surface area is 168 Å². The molecule has 0 saturated carbocycles. The second-order valence-corrected chi connectivity index (χ2v) is 7.76. The van der Waals surface area contributed by atoms with E-state index in [-0.39, 0.29) is 0 Å². The van der Waals surface area contributed by atoms with Gasteiger partial charge in [0.2, 0.25) is 5.13 Å². The fourth-order valence-electron chi connectivity index (χ4n) is 2.40. The topological polar surface area (TPSA) is 55.7 Å². The summed E-state index contributed by atoms with van der Waals surface area (Å²) in [4.78, 5) is 4.49. The zero-order chi connectivity index (χ0) is 19.2. The summed E-state index contributed by atoms with van der Waals surface area (Å²) in [5.74, 6) is 1.59. The number of hydrogen-bond acceptors (Lipinski definition) is 6. The molecule has 1 heterocycles. The van der Waals surface area contributed by atoms with Crippen molar-refractivity contribution in [3.05, 3.63) is 47.0 Å². The van der Waals surface area contributed by atoms with Gasteiger partial charge in [0.25, 0.3) is 0 Å². The standard InChI is InChI=1S/C20H22ClN3O2S/c1-4-25-17-10-14(9-15(21)19(17)26-12-13(2)3)11-22-24-20-23-16-7-5-6-8-18(16)27-20/h5-11,13H,4,12H2,1-3H3,(H,23,24)/b22-11-. The smallest absolute Gasteiger partial charge is 0.204 e. The minimum atomic E-state index is 0.398. The van der Waals surface area contributed by atoms with Gasteiger partial charge < -0.3 is 9.47 Å². The molecule has 0 spiro atoms. The maximum absolute atomic E-state index is 6.41. The Kier molecular flexibility index (Phi) is 6.53. The van der Waals surface area contributed by atoms with Gasteiger partial charge in [-0.25, -0.2) is 4.98 Å². The minimum Gasteiger partial charge on any atom is -0.490 e. The summed E-state index contributed by atoms with van der Waals surface area (Å²) in [7, 11) is 0. The number of aromatic nitrogens is 1. The largest absolute Gasteiger partial charge is 0.490 e. The summed E-state index contributed by atoms with van der Waals surface area (Å²) in [6, 6.07) is 11.7. The molecule has 0 aliphatic heterocycles. The van der Waals surface area contributed by atoms with E-state index in [0.717, 1.165) is 20.9 Å². The summed E-state index contributed by atoms with van der Waals surface area (Å²) >= 11 is 7.96. The number of rotatable bonds is 8. The second-order valence-electron chi connectivity index (χ2n) is 6.32.